The van der Waals surface area contributed by atoms with Crippen molar-refractivity contribution in [2.24, 2.45) is 17.8 Å². The Hall–Kier alpha value is -3.56. The van der Waals surface area contributed by atoms with Crippen LogP contribution in [0.15, 0.2) is 65.6 Å². The Balaban J connectivity index is 0.846. The molecule has 2 aromatic rings. The molecule has 2 aromatic carbocycles. The van der Waals surface area contributed by atoms with E-state index in [1.807, 2.05) is 18.2 Å². The van der Waals surface area contributed by atoms with Crippen molar-refractivity contribution in [3.8, 4) is 0 Å². The number of alkyl carbamates (subject to hydrolysis) is 1. The number of sulfone groups is 1. The van der Waals surface area contributed by atoms with Crippen molar-refractivity contribution in [1.82, 2.24) is 24.9 Å². The quantitative estimate of drug-likeness (QED) is 0.281. The van der Waals surface area contributed by atoms with E-state index in [2.05, 4.69) is 37.6 Å². The van der Waals surface area contributed by atoms with Crippen LogP contribution in [0.3, 0.4) is 0 Å². The number of morpholine rings is 1. The van der Waals surface area contributed by atoms with Crippen LogP contribution in [0.4, 0.5) is 14.9 Å². The Labute approximate surface area is 343 Å². The van der Waals surface area contributed by atoms with Crippen LogP contribution in [-0.4, -0.2) is 157 Å². The molecule has 8 rings (SSSR count). The Morgan fingerprint density at radius 3 is 2.28 bits per heavy atom. The number of nitrogens with zero attached hydrogens (tertiary/aromatic N) is 5. The van der Waals surface area contributed by atoms with Gasteiger partial charge in [-0.15, -0.1) is 0 Å². The highest BCUT2D eigenvalue weighted by atomic mass is 32.2. The minimum absolute atomic E-state index is 0.0128. The van der Waals surface area contributed by atoms with E-state index in [1.165, 1.54) is 19.6 Å². The molecule has 1 N–H and O–H groups in total. The highest BCUT2D eigenvalue weighted by Crippen LogP contribution is 2.51. The van der Waals surface area contributed by atoms with E-state index >= 15 is 4.39 Å². The molecule has 5 heterocycles. The van der Waals surface area contributed by atoms with Gasteiger partial charge in [0.2, 0.25) is 0 Å². The van der Waals surface area contributed by atoms with E-state index in [-0.39, 0.29) is 42.2 Å². The molecule has 6 fully saturated rings. The Kier molecular flexibility index (Phi) is 12.5. The number of carbonyl (C=O) groups is 2. The first-order valence-electron chi connectivity index (χ1n) is 21.4. The fraction of sp³-hybridized carbons (Fsp3) is 0.636. The lowest BCUT2D eigenvalue weighted by molar-refractivity contribution is -0.130. The minimum Gasteiger partial charge on any atom is -0.453 e. The average Bonchev–Trinajstić information content (AvgIpc) is 3.64. The highest BCUT2D eigenvalue weighted by molar-refractivity contribution is 7.92. The molecule has 0 radical (unpaired) electrons. The van der Waals surface area contributed by atoms with Crippen LogP contribution in [0.5, 0.6) is 0 Å². The lowest BCUT2D eigenvalue weighted by Gasteiger charge is -2.54. The first kappa shape index (κ1) is 41.2. The maximum absolute atomic E-state index is 15.0. The summed E-state index contributed by atoms with van der Waals surface area (Å²) < 4.78 is 52.4. The summed E-state index contributed by atoms with van der Waals surface area (Å²) in [5.41, 5.74) is 2.30. The number of likely N-dealkylation sites (tertiary alicyclic amines) is 3. The summed E-state index contributed by atoms with van der Waals surface area (Å²) in [6.45, 7) is 15.5. The van der Waals surface area contributed by atoms with Gasteiger partial charge in [-0.1, -0.05) is 25.1 Å². The predicted molar refractivity (Wildman–Crippen MR) is 221 cm³/mol. The van der Waals surface area contributed by atoms with Gasteiger partial charge in [0.05, 0.1) is 25.2 Å². The summed E-state index contributed by atoms with van der Waals surface area (Å²) in [5, 5.41) is 2.58. The number of hydrogen-bond donors (Lipinski definition) is 1. The molecule has 316 valence electrons. The second-order valence-corrected chi connectivity index (χ2v) is 19.9. The Morgan fingerprint density at radius 2 is 1.62 bits per heavy atom. The maximum atomic E-state index is 15.0. The van der Waals surface area contributed by atoms with Crippen molar-refractivity contribution < 1.29 is 31.9 Å². The van der Waals surface area contributed by atoms with E-state index in [0.29, 0.717) is 42.1 Å². The van der Waals surface area contributed by atoms with Crippen LogP contribution in [0, 0.1) is 23.6 Å². The SMILES string of the molecule is C=C(CN1CCOCC1)C(=O)N1CC(S(=O)(=O)c2ccc(N3CC(CN4CCC(C(CN5CCC5)(c5cccc(F)c5)[C@H]5CCC[C@@H]5NC(=O)OC)CC4)C3)cc2)C1. The van der Waals surface area contributed by atoms with Gasteiger partial charge in [-0.2, -0.15) is 0 Å². The fourth-order valence-electron chi connectivity index (χ4n) is 10.8. The van der Waals surface area contributed by atoms with Gasteiger partial charge in [0.1, 0.15) is 11.1 Å². The summed E-state index contributed by atoms with van der Waals surface area (Å²) in [6, 6.07) is 14.5. The summed E-state index contributed by atoms with van der Waals surface area (Å²) >= 11 is 0. The molecule has 5 aliphatic heterocycles. The van der Waals surface area contributed by atoms with Gasteiger partial charge >= 0.3 is 6.09 Å². The number of piperidine rings is 1. The summed E-state index contributed by atoms with van der Waals surface area (Å²) in [5.74, 6) is 0.693. The number of amides is 2. The van der Waals surface area contributed by atoms with Crippen molar-refractivity contribution in [3.63, 3.8) is 0 Å². The van der Waals surface area contributed by atoms with E-state index in [4.69, 9.17) is 9.47 Å². The number of hydrogen-bond acceptors (Lipinski definition) is 10. The zero-order valence-electron chi connectivity index (χ0n) is 34.0. The highest BCUT2D eigenvalue weighted by Gasteiger charge is 2.53. The average molecular weight is 821 g/mol. The molecule has 12 nitrogen and oxygen atoms in total. The molecule has 14 heteroatoms. The zero-order chi connectivity index (χ0) is 40.4. The molecule has 1 unspecified atom stereocenters. The monoisotopic (exact) mass is 820 g/mol. The number of nitrogens with one attached hydrogen (secondary N) is 1. The number of benzene rings is 2. The normalized spacial score (nSPS) is 25.3. The number of methoxy groups -OCH3 is 1. The Bertz CT molecular complexity index is 1890. The third-order valence-electron chi connectivity index (χ3n) is 14.2. The maximum Gasteiger partial charge on any atom is 0.407 e. The van der Waals surface area contributed by atoms with Crippen LogP contribution in [0.25, 0.3) is 0 Å². The number of anilines is 1. The van der Waals surface area contributed by atoms with Crippen molar-refractivity contribution in [2.75, 3.05) is 110 Å². The van der Waals surface area contributed by atoms with Gasteiger partial charge in [-0.05, 0) is 112 Å². The zero-order valence-corrected chi connectivity index (χ0v) is 34.9. The molecule has 0 spiro atoms. The summed E-state index contributed by atoms with van der Waals surface area (Å²) in [7, 11) is -2.14. The second kappa shape index (κ2) is 17.6. The fourth-order valence-corrected chi connectivity index (χ4v) is 12.4. The third kappa shape index (κ3) is 8.54. The molecular weight excluding hydrogens is 760 g/mol. The van der Waals surface area contributed by atoms with E-state index in [1.54, 1.807) is 23.1 Å². The number of ether oxygens (including phenoxy) is 2. The van der Waals surface area contributed by atoms with E-state index in [9.17, 15) is 18.0 Å². The van der Waals surface area contributed by atoms with Gasteiger partial charge < -0.3 is 34.4 Å². The van der Waals surface area contributed by atoms with Gasteiger partial charge in [0.15, 0.2) is 9.84 Å². The topological polar surface area (TPSA) is 115 Å². The Morgan fingerprint density at radius 1 is 0.897 bits per heavy atom. The molecule has 58 heavy (non-hydrogen) atoms. The second-order valence-electron chi connectivity index (χ2n) is 17.7. The summed E-state index contributed by atoms with van der Waals surface area (Å²) in [4.78, 5) is 36.9. The smallest absolute Gasteiger partial charge is 0.407 e. The van der Waals surface area contributed by atoms with Gasteiger partial charge in [-0.25, -0.2) is 17.6 Å². The molecule has 0 bridgehead atoms. The van der Waals surface area contributed by atoms with Crippen LogP contribution in [0.2, 0.25) is 0 Å². The van der Waals surface area contributed by atoms with Crippen molar-refractivity contribution >= 4 is 27.5 Å². The molecule has 1 saturated carbocycles. The molecule has 1 aliphatic carbocycles. The van der Waals surface area contributed by atoms with Gasteiger partial charge in [0, 0.05) is 87.5 Å². The van der Waals surface area contributed by atoms with Crippen LogP contribution < -0.4 is 10.2 Å². The molecule has 6 aliphatic rings. The molecule has 3 atom stereocenters. The van der Waals surface area contributed by atoms with Crippen molar-refractivity contribution in [1.29, 1.82) is 0 Å². The van der Waals surface area contributed by atoms with Crippen LogP contribution in [0.1, 0.15) is 44.1 Å². The largest absolute Gasteiger partial charge is 0.453 e. The predicted octanol–water partition coefficient (Wildman–Crippen LogP) is 4.02. The van der Waals surface area contributed by atoms with Gasteiger partial charge in [-0.3, -0.25) is 9.69 Å². The first-order chi connectivity index (χ1) is 28.0. The lowest BCUT2D eigenvalue weighted by Crippen LogP contribution is -2.60. The number of halogens is 1. The van der Waals surface area contributed by atoms with Crippen molar-refractivity contribution in [2.45, 2.75) is 60.1 Å². The molecule has 5 saturated heterocycles. The van der Waals surface area contributed by atoms with E-state index < -0.39 is 21.2 Å². The van der Waals surface area contributed by atoms with E-state index in [0.717, 1.165) is 109 Å². The molecular formula is C44H61FN6O6S. The third-order valence-corrected chi connectivity index (χ3v) is 16.3. The van der Waals surface area contributed by atoms with Crippen LogP contribution >= 0.6 is 0 Å². The molecule has 2 amide bonds. The van der Waals surface area contributed by atoms with Crippen LogP contribution in [-0.2, 0) is 29.5 Å². The van der Waals surface area contributed by atoms with Crippen molar-refractivity contribution in [3.05, 3.63) is 72.1 Å². The summed E-state index contributed by atoms with van der Waals surface area (Å²) in [6.07, 6.45) is 5.77. The standard InChI is InChI=1S/C44H61FN6O6S/c1-32(25-48-20-22-57-23-21-48)42(52)51-29-39(30-51)58(54,55)38-12-10-37(11-13-38)50-27-33(28-50)26-47-18-14-34(15-19-47)44(31-49-16-5-17-49,35-6-3-7-36(45)24-35)40-8-4-9-41(40)46-43(53)56-2/h3,6-7,10-13,24,33-34,39-41H,1,4-5,8-9,14-23,25-31H2,2H3,(H,46,53)/t40-,41-,44?/m0/s1. The number of rotatable bonds is 14. The molecule has 0 aromatic heterocycles. The first-order valence-corrected chi connectivity index (χ1v) is 23.0. The number of carbonyl (C=O) groups excluding carboxylic acids is 2. The van der Waals surface area contributed by atoms with Gasteiger partial charge in [0.25, 0.3) is 5.91 Å². The minimum atomic E-state index is -3.56. The lowest BCUT2D eigenvalue weighted by atomic mass is 9.57.